The van der Waals surface area contributed by atoms with E-state index in [-0.39, 0.29) is 5.91 Å². The Morgan fingerprint density at radius 1 is 1.62 bits per heavy atom. The van der Waals surface area contributed by atoms with Gasteiger partial charge in [0.2, 0.25) is 5.91 Å². The van der Waals surface area contributed by atoms with Crippen LogP contribution in [0.4, 0.5) is 5.82 Å². The van der Waals surface area contributed by atoms with Gasteiger partial charge in [-0.15, -0.1) is 0 Å². The summed E-state index contributed by atoms with van der Waals surface area (Å²) in [5.41, 5.74) is 6.55. The van der Waals surface area contributed by atoms with Crippen molar-refractivity contribution >= 4 is 11.7 Å². The zero-order valence-electron chi connectivity index (χ0n) is 9.73. The van der Waals surface area contributed by atoms with Gasteiger partial charge in [0.05, 0.1) is 6.54 Å². The molecule has 0 aromatic carbocycles. The minimum Gasteiger partial charge on any atom is -0.355 e. The highest BCUT2D eigenvalue weighted by molar-refractivity contribution is 5.80. The van der Waals surface area contributed by atoms with Crippen molar-refractivity contribution in [3.05, 3.63) is 23.9 Å². The van der Waals surface area contributed by atoms with E-state index in [1.807, 2.05) is 26.1 Å². The maximum absolute atomic E-state index is 11.4. The molecule has 1 amide bonds. The van der Waals surface area contributed by atoms with Crippen LogP contribution in [0, 0.1) is 0 Å². The van der Waals surface area contributed by atoms with Gasteiger partial charge in [-0.1, -0.05) is 0 Å². The summed E-state index contributed by atoms with van der Waals surface area (Å²) in [5, 5.41) is 2.74. The molecule has 0 fully saturated rings. The maximum atomic E-state index is 11.4. The summed E-state index contributed by atoms with van der Waals surface area (Å²) in [6, 6.07) is 3.75. The van der Waals surface area contributed by atoms with Gasteiger partial charge in [-0.3, -0.25) is 4.79 Å². The van der Waals surface area contributed by atoms with Gasteiger partial charge >= 0.3 is 0 Å². The summed E-state index contributed by atoms with van der Waals surface area (Å²) in [5.74, 6) is 0.749. The first-order valence-corrected chi connectivity index (χ1v) is 5.30. The van der Waals surface area contributed by atoms with Crippen molar-refractivity contribution in [2.24, 2.45) is 5.73 Å². The summed E-state index contributed by atoms with van der Waals surface area (Å²) in [7, 11) is 1.83. The van der Waals surface area contributed by atoms with Crippen molar-refractivity contribution in [2.75, 3.05) is 25.0 Å². The number of hydrogen-bond donors (Lipinski definition) is 2. The predicted molar refractivity (Wildman–Crippen MR) is 64.1 cm³/mol. The lowest BCUT2D eigenvalue weighted by Crippen LogP contribution is -2.35. The molecule has 5 nitrogen and oxygen atoms in total. The van der Waals surface area contributed by atoms with Crippen molar-refractivity contribution in [3.63, 3.8) is 0 Å². The Morgan fingerprint density at radius 3 is 3.00 bits per heavy atom. The second kappa shape index (κ2) is 6.07. The lowest BCUT2D eigenvalue weighted by Gasteiger charge is -2.17. The monoisotopic (exact) mass is 222 g/mol. The van der Waals surface area contributed by atoms with E-state index in [0.717, 1.165) is 11.4 Å². The number of aromatic nitrogens is 1. The first kappa shape index (κ1) is 12.4. The Hall–Kier alpha value is -1.62. The third kappa shape index (κ3) is 3.51. The Kier molecular flexibility index (Phi) is 4.72. The van der Waals surface area contributed by atoms with Crippen LogP contribution in [-0.2, 0) is 11.3 Å². The van der Waals surface area contributed by atoms with Gasteiger partial charge in [-0.2, -0.15) is 0 Å². The molecule has 0 aliphatic heterocycles. The van der Waals surface area contributed by atoms with Crippen molar-refractivity contribution in [1.82, 2.24) is 10.3 Å². The SMILES string of the molecule is CCNC(=O)CN(C)c1cc(CN)ccn1. The summed E-state index contributed by atoms with van der Waals surface area (Å²) in [6.45, 7) is 3.31. The van der Waals surface area contributed by atoms with E-state index in [1.165, 1.54) is 0 Å². The summed E-state index contributed by atoms with van der Waals surface area (Å²) < 4.78 is 0. The quantitative estimate of drug-likeness (QED) is 0.742. The molecule has 1 rings (SSSR count). The third-order valence-electron chi connectivity index (χ3n) is 2.19. The van der Waals surface area contributed by atoms with E-state index in [1.54, 1.807) is 11.1 Å². The van der Waals surface area contributed by atoms with Crippen molar-refractivity contribution in [1.29, 1.82) is 0 Å². The fraction of sp³-hybridized carbons (Fsp3) is 0.455. The van der Waals surface area contributed by atoms with E-state index >= 15 is 0 Å². The largest absolute Gasteiger partial charge is 0.355 e. The van der Waals surface area contributed by atoms with Crippen LogP contribution >= 0.6 is 0 Å². The molecule has 0 radical (unpaired) electrons. The Labute approximate surface area is 95.7 Å². The molecule has 0 aliphatic rings. The fourth-order valence-electron chi connectivity index (χ4n) is 1.35. The lowest BCUT2D eigenvalue weighted by molar-refractivity contribution is -0.119. The summed E-state index contributed by atoms with van der Waals surface area (Å²) in [6.07, 6.45) is 1.70. The molecule has 16 heavy (non-hydrogen) atoms. The van der Waals surface area contributed by atoms with Crippen LogP contribution in [-0.4, -0.2) is 31.0 Å². The normalized spacial score (nSPS) is 9.94. The minimum absolute atomic E-state index is 0.00930. The van der Waals surface area contributed by atoms with Gasteiger partial charge in [0, 0.05) is 26.3 Å². The van der Waals surface area contributed by atoms with Crippen LogP contribution < -0.4 is 16.0 Å². The number of nitrogens with zero attached hydrogens (tertiary/aromatic N) is 2. The third-order valence-corrected chi connectivity index (χ3v) is 2.19. The number of rotatable bonds is 5. The van der Waals surface area contributed by atoms with E-state index in [2.05, 4.69) is 10.3 Å². The second-order valence-electron chi connectivity index (χ2n) is 3.54. The van der Waals surface area contributed by atoms with Crippen molar-refractivity contribution < 1.29 is 4.79 Å². The number of nitrogens with two attached hydrogens (primary N) is 1. The first-order chi connectivity index (χ1) is 7.67. The number of amides is 1. The lowest BCUT2D eigenvalue weighted by atomic mass is 10.2. The number of hydrogen-bond acceptors (Lipinski definition) is 4. The highest BCUT2D eigenvalue weighted by Crippen LogP contribution is 2.10. The van der Waals surface area contributed by atoms with E-state index in [9.17, 15) is 4.79 Å². The highest BCUT2D eigenvalue weighted by Gasteiger charge is 2.07. The molecule has 1 aromatic rings. The highest BCUT2D eigenvalue weighted by atomic mass is 16.2. The molecule has 5 heteroatoms. The number of pyridine rings is 1. The van der Waals surface area contributed by atoms with Crippen molar-refractivity contribution in [2.45, 2.75) is 13.5 Å². The molecule has 0 aliphatic carbocycles. The van der Waals surface area contributed by atoms with E-state index in [4.69, 9.17) is 5.73 Å². The molecule has 0 atom stereocenters. The Bertz CT molecular complexity index is 354. The van der Waals surface area contributed by atoms with Crippen LogP contribution in [0.25, 0.3) is 0 Å². The molecule has 0 saturated heterocycles. The standard InChI is InChI=1S/C11H18N4O/c1-3-13-11(16)8-15(2)10-6-9(7-12)4-5-14-10/h4-6H,3,7-8,12H2,1-2H3,(H,13,16). The molecule has 0 bridgehead atoms. The Morgan fingerprint density at radius 2 is 2.38 bits per heavy atom. The van der Waals surface area contributed by atoms with Gasteiger partial charge in [-0.25, -0.2) is 4.98 Å². The second-order valence-corrected chi connectivity index (χ2v) is 3.54. The number of carbonyl (C=O) groups excluding carboxylic acids is 1. The topological polar surface area (TPSA) is 71.2 Å². The average molecular weight is 222 g/mol. The average Bonchev–Trinajstić information content (AvgIpc) is 2.29. The maximum Gasteiger partial charge on any atom is 0.239 e. The zero-order valence-corrected chi connectivity index (χ0v) is 9.73. The Balaban J connectivity index is 2.64. The van der Waals surface area contributed by atoms with Crippen LogP contribution in [0.3, 0.4) is 0 Å². The van der Waals surface area contributed by atoms with E-state index < -0.39 is 0 Å². The van der Waals surface area contributed by atoms with Gasteiger partial charge in [-0.05, 0) is 24.6 Å². The van der Waals surface area contributed by atoms with Crippen molar-refractivity contribution in [3.8, 4) is 0 Å². The molecule has 1 aromatic heterocycles. The van der Waals surface area contributed by atoms with Gasteiger partial charge in [0.15, 0.2) is 0 Å². The molecule has 1 heterocycles. The van der Waals surface area contributed by atoms with Gasteiger partial charge < -0.3 is 16.0 Å². The molecular weight excluding hydrogens is 204 g/mol. The van der Waals surface area contributed by atoms with Gasteiger partial charge in [0.25, 0.3) is 0 Å². The number of carbonyl (C=O) groups is 1. The van der Waals surface area contributed by atoms with Crippen LogP contribution in [0.5, 0.6) is 0 Å². The molecular formula is C11H18N4O. The molecule has 0 saturated carbocycles. The molecule has 3 N–H and O–H groups in total. The van der Waals surface area contributed by atoms with Gasteiger partial charge in [0.1, 0.15) is 5.82 Å². The van der Waals surface area contributed by atoms with E-state index in [0.29, 0.717) is 19.6 Å². The molecule has 0 spiro atoms. The number of anilines is 1. The van der Waals surface area contributed by atoms with Crippen LogP contribution in [0.1, 0.15) is 12.5 Å². The molecule has 0 unspecified atom stereocenters. The summed E-state index contributed by atoms with van der Waals surface area (Å²) in [4.78, 5) is 17.4. The predicted octanol–water partition coefficient (Wildman–Crippen LogP) is 0.113. The number of nitrogens with one attached hydrogen (secondary N) is 1. The summed E-state index contributed by atoms with van der Waals surface area (Å²) >= 11 is 0. The minimum atomic E-state index is -0.00930. The zero-order chi connectivity index (χ0) is 12.0. The van der Waals surface area contributed by atoms with Crippen LogP contribution in [0.2, 0.25) is 0 Å². The number of likely N-dealkylation sites (N-methyl/N-ethyl adjacent to an activating group) is 2. The van der Waals surface area contributed by atoms with Crippen LogP contribution in [0.15, 0.2) is 18.3 Å². The smallest absolute Gasteiger partial charge is 0.239 e. The first-order valence-electron chi connectivity index (χ1n) is 5.30. The molecule has 88 valence electrons. The fourth-order valence-corrected chi connectivity index (χ4v) is 1.35.